The Labute approximate surface area is 161 Å². The molecule has 5 heterocycles. The molecule has 5 nitrogen and oxygen atoms in total. The average molecular weight is 382 g/mol. The van der Waals surface area contributed by atoms with Crippen LogP contribution in [0.25, 0.3) is 10.4 Å². The summed E-state index contributed by atoms with van der Waals surface area (Å²) in [5, 5.41) is 11.3. The van der Waals surface area contributed by atoms with E-state index >= 15 is 0 Å². The summed E-state index contributed by atoms with van der Waals surface area (Å²) < 4.78 is 7.70. The van der Waals surface area contributed by atoms with Gasteiger partial charge in [0.2, 0.25) is 0 Å². The molecule has 0 amide bonds. The van der Waals surface area contributed by atoms with Gasteiger partial charge in [0.05, 0.1) is 6.54 Å². The standard InChI is InChI=1S/C21H22N2O3S/c24-13-17-4-3-16(26-17)12-22-9-14-8-15(11-22)21-18(19-2-1-7-27-19)5-6-20(25)23(21)10-14/h1-7,14-15,24H,8-13H2/t14-,15+/m0/s1. The molecule has 0 aromatic carbocycles. The first kappa shape index (κ1) is 17.0. The first-order valence-electron chi connectivity index (χ1n) is 9.39. The highest BCUT2D eigenvalue weighted by molar-refractivity contribution is 7.13. The number of likely N-dealkylation sites (tertiary alicyclic amines) is 1. The molecule has 1 saturated heterocycles. The number of aliphatic hydroxyl groups excluding tert-OH is 1. The predicted molar refractivity (Wildman–Crippen MR) is 105 cm³/mol. The highest BCUT2D eigenvalue weighted by Crippen LogP contribution is 2.41. The number of furan rings is 1. The highest BCUT2D eigenvalue weighted by atomic mass is 32.1. The van der Waals surface area contributed by atoms with Gasteiger partial charge in [0.1, 0.15) is 18.1 Å². The number of thiophene rings is 1. The molecule has 2 aliphatic rings. The first-order chi connectivity index (χ1) is 13.2. The van der Waals surface area contributed by atoms with Crippen LogP contribution in [0.5, 0.6) is 0 Å². The number of rotatable bonds is 4. The Morgan fingerprint density at radius 3 is 2.78 bits per heavy atom. The van der Waals surface area contributed by atoms with Crippen molar-refractivity contribution in [2.75, 3.05) is 13.1 Å². The van der Waals surface area contributed by atoms with Crippen molar-refractivity contribution >= 4 is 11.3 Å². The van der Waals surface area contributed by atoms with E-state index in [0.29, 0.717) is 17.6 Å². The van der Waals surface area contributed by atoms with Gasteiger partial charge in [0.25, 0.3) is 5.56 Å². The van der Waals surface area contributed by atoms with Crippen LogP contribution >= 0.6 is 11.3 Å². The number of fused-ring (bicyclic) bond motifs is 4. The third-order valence-corrected chi connectivity index (χ3v) is 6.61. The lowest BCUT2D eigenvalue weighted by molar-refractivity contribution is 0.107. The zero-order valence-electron chi connectivity index (χ0n) is 15.0. The molecular formula is C21H22N2O3S. The van der Waals surface area contributed by atoms with E-state index in [9.17, 15) is 9.90 Å². The Kier molecular flexibility index (Phi) is 4.27. The fourth-order valence-electron chi connectivity index (χ4n) is 4.70. The molecule has 0 radical (unpaired) electrons. The molecule has 140 valence electrons. The molecule has 27 heavy (non-hydrogen) atoms. The molecule has 6 heteroatoms. The largest absolute Gasteiger partial charge is 0.462 e. The lowest BCUT2D eigenvalue weighted by Gasteiger charge is -2.43. The van der Waals surface area contributed by atoms with Crippen LogP contribution in [0, 0.1) is 5.92 Å². The maximum atomic E-state index is 12.5. The number of aliphatic hydroxyl groups is 1. The van der Waals surface area contributed by atoms with Gasteiger partial charge in [-0.15, -0.1) is 11.3 Å². The van der Waals surface area contributed by atoms with Crippen molar-refractivity contribution in [3.05, 3.63) is 69.3 Å². The van der Waals surface area contributed by atoms with Gasteiger partial charge in [-0.2, -0.15) is 0 Å². The molecule has 1 N–H and O–H groups in total. The van der Waals surface area contributed by atoms with Crippen molar-refractivity contribution in [3.8, 4) is 10.4 Å². The maximum Gasteiger partial charge on any atom is 0.250 e. The van der Waals surface area contributed by atoms with Gasteiger partial charge in [0.15, 0.2) is 0 Å². The molecule has 1 fully saturated rings. The van der Waals surface area contributed by atoms with Gasteiger partial charge in [-0.05, 0) is 42.0 Å². The van der Waals surface area contributed by atoms with Crippen LogP contribution in [-0.2, 0) is 19.7 Å². The van der Waals surface area contributed by atoms with Crippen LogP contribution in [0.3, 0.4) is 0 Å². The van der Waals surface area contributed by atoms with Crippen molar-refractivity contribution in [2.45, 2.75) is 32.0 Å². The smallest absolute Gasteiger partial charge is 0.250 e. The molecule has 2 aliphatic heterocycles. The predicted octanol–water partition coefficient (Wildman–Crippen LogP) is 3.28. The van der Waals surface area contributed by atoms with Gasteiger partial charge in [0, 0.05) is 47.8 Å². The van der Waals surface area contributed by atoms with Crippen molar-refractivity contribution in [2.24, 2.45) is 5.92 Å². The van der Waals surface area contributed by atoms with Crippen molar-refractivity contribution < 1.29 is 9.52 Å². The van der Waals surface area contributed by atoms with E-state index in [2.05, 4.69) is 22.4 Å². The minimum atomic E-state index is -0.0638. The summed E-state index contributed by atoms with van der Waals surface area (Å²) in [6.07, 6.45) is 1.14. The second-order valence-electron chi connectivity index (χ2n) is 7.58. The second kappa shape index (κ2) is 6.78. The number of pyridine rings is 1. The van der Waals surface area contributed by atoms with Crippen LogP contribution in [0.1, 0.15) is 29.6 Å². The molecule has 3 aromatic rings. The number of nitrogens with zero attached hydrogens (tertiary/aromatic N) is 2. The van der Waals surface area contributed by atoms with E-state index in [1.54, 1.807) is 17.4 Å². The van der Waals surface area contributed by atoms with Crippen molar-refractivity contribution in [1.82, 2.24) is 9.47 Å². The Morgan fingerprint density at radius 2 is 2.00 bits per heavy atom. The fraction of sp³-hybridized carbons (Fsp3) is 0.381. The van der Waals surface area contributed by atoms with Gasteiger partial charge in [-0.3, -0.25) is 9.69 Å². The second-order valence-corrected chi connectivity index (χ2v) is 8.52. The third-order valence-electron chi connectivity index (χ3n) is 5.70. The Morgan fingerprint density at radius 1 is 1.11 bits per heavy atom. The maximum absolute atomic E-state index is 12.5. The van der Waals surface area contributed by atoms with Crippen molar-refractivity contribution in [1.29, 1.82) is 0 Å². The van der Waals surface area contributed by atoms with Crippen molar-refractivity contribution in [3.63, 3.8) is 0 Å². The molecular weight excluding hydrogens is 360 g/mol. The molecule has 0 unspecified atom stereocenters. The SMILES string of the molecule is O=c1ccc(-c2cccs2)c2n1C[C@H]1C[C@@H]2CN(Cc2ccc(CO)o2)C1. The van der Waals surface area contributed by atoms with E-state index in [0.717, 1.165) is 38.4 Å². The van der Waals surface area contributed by atoms with Gasteiger partial charge in [-0.1, -0.05) is 6.07 Å². The van der Waals surface area contributed by atoms with Gasteiger partial charge < -0.3 is 14.1 Å². The summed E-state index contributed by atoms with van der Waals surface area (Å²) in [6.45, 7) is 3.37. The van der Waals surface area contributed by atoms with Crippen LogP contribution in [-0.4, -0.2) is 27.7 Å². The summed E-state index contributed by atoms with van der Waals surface area (Å²) in [5.41, 5.74) is 2.52. The summed E-state index contributed by atoms with van der Waals surface area (Å²) in [7, 11) is 0. The minimum Gasteiger partial charge on any atom is -0.462 e. The lowest BCUT2D eigenvalue weighted by atomic mass is 9.81. The molecule has 0 aliphatic carbocycles. The van der Waals surface area contributed by atoms with E-state index < -0.39 is 0 Å². The van der Waals surface area contributed by atoms with E-state index in [1.165, 1.54) is 16.1 Å². The summed E-state index contributed by atoms with van der Waals surface area (Å²) in [4.78, 5) is 16.2. The van der Waals surface area contributed by atoms with Gasteiger partial charge >= 0.3 is 0 Å². The fourth-order valence-corrected chi connectivity index (χ4v) is 5.46. The zero-order valence-corrected chi connectivity index (χ0v) is 15.8. The highest BCUT2D eigenvalue weighted by Gasteiger charge is 2.36. The van der Waals surface area contributed by atoms with Gasteiger partial charge in [-0.25, -0.2) is 0 Å². The van der Waals surface area contributed by atoms with Crippen LogP contribution in [0.4, 0.5) is 0 Å². The van der Waals surface area contributed by atoms with Crippen LogP contribution in [0.2, 0.25) is 0 Å². The molecule has 2 atom stereocenters. The Hall–Kier alpha value is -2.15. The van der Waals surface area contributed by atoms with E-state index in [1.807, 2.05) is 22.8 Å². The number of piperidine rings is 1. The topological polar surface area (TPSA) is 58.6 Å². The third kappa shape index (κ3) is 3.08. The normalized spacial score (nSPS) is 22.0. The quantitative estimate of drug-likeness (QED) is 0.752. The Bertz CT molecular complexity index is 1000. The van der Waals surface area contributed by atoms with E-state index in [4.69, 9.17) is 4.42 Å². The number of hydrogen-bond acceptors (Lipinski definition) is 5. The molecule has 2 bridgehead atoms. The Balaban J connectivity index is 1.47. The first-order valence-corrected chi connectivity index (χ1v) is 10.3. The summed E-state index contributed by atoms with van der Waals surface area (Å²) in [5.74, 6) is 2.35. The summed E-state index contributed by atoms with van der Waals surface area (Å²) >= 11 is 1.73. The molecule has 0 spiro atoms. The zero-order chi connectivity index (χ0) is 18.4. The monoisotopic (exact) mass is 382 g/mol. The van der Waals surface area contributed by atoms with Crippen LogP contribution < -0.4 is 5.56 Å². The number of aromatic nitrogens is 1. The van der Waals surface area contributed by atoms with Crippen LogP contribution in [0.15, 0.2) is 51.0 Å². The molecule has 3 aromatic heterocycles. The summed E-state index contributed by atoms with van der Waals surface area (Å²) in [6, 6.07) is 11.7. The van der Waals surface area contributed by atoms with E-state index in [-0.39, 0.29) is 12.2 Å². The lowest BCUT2D eigenvalue weighted by Crippen LogP contribution is -2.46. The average Bonchev–Trinajstić information content (AvgIpc) is 3.34. The molecule has 5 rings (SSSR count). The molecule has 0 saturated carbocycles. The minimum absolute atomic E-state index is 0.0638. The number of hydrogen-bond donors (Lipinski definition) is 1.